The average Bonchev–Trinajstić information content (AvgIpc) is 1.70. The first-order chi connectivity index (χ1) is 65.5. The number of carbonyl (C=O) groups is 17. The van der Waals surface area contributed by atoms with Gasteiger partial charge in [0.2, 0.25) is 88.6 Å². The number of carboxylic acid groups (broad SMARTS) is 2. The minimum atomic E-state index is -2.04. The summed E-state index contributed by atoms with van der Waals surface area (Å²) in [6, 6.07) is -1.69. The molecular weight excluding hydrogens is 1780 g/mol. The van der Waals surface area contributed by atoms with Gasteiger partial charge in [0.25, 0.3) is 0 Å². The maximum Gasteiger partial charge on any atom is 0.326 e. The molecule has 15 amide bonds. The zero-order valence-electron chi connectivity index (χ0n) is 75.9. The molecule has 3 aromatic carbocycles. The van der Waals surface area contributed by atoms with Crippen molar-refractivity contribution in [2.45, 2.75) is 216 Å². The molecule has 6 aromatic heterocycles. The van der Waals surface area contributed by atoms with Crippen molar-refractivity contribution in [3.05, 3.63) is 175 Å². The molecule has 1 fully saturated rings. The second kappa shape index (κ2) is 49.9. The smallest absolute Gasteiger partial charge is 0.326 e. The summed E-state index contributed by atoms with van der Waals surface area (Å²) in [5.74, 6) is -18.2. The van der Waals surface area contributed by atoms with Gasteiger partial charge in [-0.05, 0) is 105 Å². The lowest BCUT2D eigenvalue weighted by Crippen LogP contribution is -2.61. The highest BCUT2D eigenvalue weighted by atomic mass is 16.4. The lowest BCUT2D eigenvalue weighted by molar-refractivity contribution is -0.144. The van der Waals surface area contributed by atoms with Crippen LogP contribution in [0.15, 0.2) is 135 Å². The van der Waals surface area contributed by atoms with E-state index in [1.54, 1.807) is 88.6 Å². The van der Waals surface area contributed by atoms with Gasteiger partial charge in [0.1, 0.15) is 84.3 Å². The quantitative estimate of drug-likeness (QED) is 0.0167. The van der Waals surface area contributed by atoms with Crippen LogP contribution in [0.1, 0.15) is 125 Å². The van der Waals surface area contributed by atoms with Crippen LogP contribution in [0, 0.1) is 11.8 Å². The number of aliphatic carboxylic acids is 2. The summed E-state index contributed by atoms with van der Waals surface area (Å²) in [7, 11) is 0. The molecule has 0 spiro atoms. The molecule has 47 heteroatoms. The van der Waals surface area contributed by atoms with E-state index in [0.29, 0.717) is 62.0 Å². The second-order valence-electron chi connectivity index (χ2n) is 34.3. The van der Waals surface area contributed by atoms with Gasteiger partial charge in [-0.25, -0.2) is 24.7 Å². The molecule has 1 aliphatic rings. The highest BCUT2D eigenvalue weighted by Crippen LogP contribution is 2.25. The van der Waals surface area contributed by atoms with Gasteiger partial charge in [-0.1, -0.05) is 76.2 Å². The predicted octanol–water partition coefficient (Wildman–Crippen LogP) is -3.22. The van der Waals surface area contributed by atoms with Crippen LogP contribution in [-0.2, 0) is 126 Å². The SMILES string of the molecule is CC(C)C[C@H](NC(=O)[C@@H]1CCCN1C(=O)[C@H](Cc1cnc[nH]1)NC(=O)[C@H](CCCCN)NC(=O)[C@H](Cc1ccc(O)cc1)NC(=O)CNC(=O)[C@H](CC(=O)O)NC(=O)[C@H](Cc1cnc[nH]1)NC(=O)[C@H](Cc1c[nH]c2ccccc12)NC(=O)[C@H](Cc1c[nH]c2ccccc12)NC(=O)[C@H](Cc1cnc[nH]1)NC(=O)[C@H](Cc1cnc[nH]1)NC(=O)[C@H](C)NC(=O)[C@@H](N)C(C)C)C(=O)N[C@@H](CC(N)=O)C(=O)O. The molecule has 28 N–H and O–H groups in total. The third-order valence-electron chi connectivity index (χ3n) is 22.9. The fourth-order valence-corrected chi connectivity index (χ4v) is 15.5. The zero-order valence-corrected chi connectivity index (χ0v) is 75.9. The number of hydrogen-bond acceptors (Lipinski definition) is 24. The number of nitrogens with zero attached hydrogens (tertiary/aromatic N) is 5. The van der Waals surface area contributed by atoms with Crippen LogP contribution in [0.2, 0.25) is 0 Å². The minimum Gasteiger partial charge on any atom is -0.508 e. The molecule has 1 saturated heterocycles. The van der Waals surface area contributed by atoms with E-state index in [9.17, 15) is 77.6 Å². The number of amides is 15. The van der Waals surface area contributed by atoms with Crippen LogP contribution >= 0.6 is 0 Å². The van der Waals surface area contributed by atoms with Gasteiger partial charge >= 0.3 is 11.9 Å². The zero-order chi connectivity index (χ0) is 99.1. The Hall–Kier alpha value is -15.7. The number of carbonyl (C=O) groups excluding carboxylic acids is 15. The molecule has 47 nitrogen and oxygen atoms in total. The van der Waals surface area contributed by atoms with Gasteiger partial charge < -0.3 is 136 Å². The van der Waals surface area contributed by atoms with Gasteiger partial charge in [-0.3, -0.25) is 76.7 Å². The molecule has 0 bridgehead atoms. The van der Waals surface area contributed by atoms with Crippen LogP contribution in [-0.4, -0.2) is 275 Å². The molecule has 0 saturated carbocycles. The summed E-state index contributed by atoms with van der Waals surface area (Å²) in [6.07, 6.45) is 10.8. The Kier molecular flexibility index (Phi) is 37.6. The summed E-state index contributed by atoms with van der Waals surface area (Å²) >= 11 is 0. The van der Waals surface area contributed by atoms with Crippen LogP contribution in [0.5, 0.6) is 5.75 Å². The Labute approximate surface area is 784 Å². The Balaban J connectivity index is 0.870. The fourth-order valence-electron chi connectivity index (χ4n) is 15.5. The average molecular weight is 1900 g/mol. The Morgan fingerprint density at radius 1 is 0.445 bits per heavy atom. The third kappa shape index (κ3) is 30.7. The standard InChI is InChI=1S/C90H117N27O20/c1-46(2)25-62(80(126)116-71(90(136)137)33-73(92)119)114-87(133)72-18-12-24-117(72)89(135)70(32-55-40-97-45-104-55)115-79(125)61(17-10-11-23-91)107-81(127)63(26-49-19-21-56(118)22-20-49)106-74(120)41-100-78(124)69(34-75(121)122)113-86(132)68(31-54-39-96-44-103-54)111-83(129)65(28-51-36-99-60-16-9-7-14-58(51)60)109-82(128)64(27-50-35-98-59-15-8-6-13-57(50)59)110-85(131)67(30-53-38-95-43-102-53)112-84(130)66(29-52-37-94-42-101-52)108-77(123)48(5)105-88(134)76(93)47(3)4/h6-9,13-16,19-22,35-40,42-48,61-72,76,98-99,118H,10-12,17-18,23-34,41,91,93H2,1-5H3,(H2,92,119)(H,94,101)(H,95,102)(H,96,103)(H,97,104)(H,100,124)(H,105,134)(H,106,120)(H,107,127)(H,108,123)(H,109,128)(H,110,131)(H,111,129)(H,112,130)(H,113,132)(H,114,133)(H,115,125)(H,116,126)(H,121,122)(H,136,137)/t48-,61-,62-,63-,64-,65-,66-,67-,68-,69-,70-,71-,72-,76-/m0/s1. The topological polar surface area (TPSA) is 735 Å². The van der Waals surface area contributed by atoms with Crippen molar-refractivity contribution in [3.63, 3.8) is 0 Å². The van der Waals surface area contributed by atoms with Crippen molar-refractivity contribution < 1.29 is 96.8 Å². The number of hydrogen-bond donors (Lipinski definition) is 25. The van der Waals surface area contributed by atoms with Crippen LogP contribution in [0.3, 0.4) is 0 Å². The van der Waals surface area contributed by atoms with E-state index in [2.05, 4.69) is 119 Å². The highest BCUT2D eigenvalue weighted by Gasteiger charge is 2.43. The molecule has 7 heterocycles. The summed E-state index contributed by atoms with van der Waals surface area (Å²) in [5, 5.41) is 65.3. The number of H-pyrrole nitrogens is 6. The Bertz CT molecular complexity index is 5670. The lowest BCUT2D eigenvalue weighted by atomic mass is 10.0. The fraction of sp³-hybridized carbons (Fsp3) is 0.433. The molecule has 0 radical (unpaired) electrons. The van der Waals surface area contributed by atoms with Crippen molar-refractivity contribution in [1.29, 1.82) is 0 Å². The third-order valence-corrected chi connectivity index (χ3v) is 22.9. The molecule has 9 aromatic rings. The van der Waals surface area contributed by atoms with Crippen molar-refractivity contribution in [3.8, 4) is 5.75 Å². The number of fused-ring (bicyclic) bond motifs is 2. The number of phenols is 1. The van der Waals surface area contributed by atoms with E-state index < -0.39 is 211 Å². The van der Waals surface area contributed by atoms with E-state index in [1.807, 2.05) is 0 Å². The number of aromatic hydroxyl groups is 1. The molecule has 1 aliphatic heterocycles. The molecule has 137 heavy (non-hydrogen) atoms. The van der Waals surface area contributed by atoms with Crippen molar-refractivity contribution in [2.24, 2.45) is 29.0 Å². The van der Waals surface area contributed by atoms with Crippen molar-refractivity contribution >= 4 is 122 Å². The van der Waals surface area contributed by atoms with Crippen LogP contribution in [0.4, 0.5) is 0 Å². The molecule has 0 aliphatic carbocycles. The number of unbranched alkanes of at least 4 members (excludes halogenated alkanes) is 1. The van der Waals surface area contributed by atoms with E-state index in [1.165, 1.54) is 86.2 Å². The highest BCUT2D eigenvalue weighted by molar-refractivity contribution is 6.02. The first-order valence-electron chi connectivity index (χ1n) is 44.6. The van der Waals surface area contributed by atoms with Gasteiger partial charge in [0.05, 0.1) is 50.7 Å². The van der Waals surface area contributed by atoms with Crippen LogP contribution < -0.4 is 86.3 Å². The summed E-state index contributed by atoms with van der Waals surface area (Å²) < 4.78 is 0. The minimum absolute atomic E-state index is 0.000356. The van der Waals surface area contributed by atoms with Gasteiger partial charge in [-0.15, -0.1) is 0 Å². The molecule has 10 rings (SSSR count). The largest absolute Gasteiger partial charge is 0.508 e. The number of imidazole rings is 4. The number of rotatable bonds is 53. The normalized spacial score (nSPS) is 15.3. The van der Waals surface area contributed by atoms with E-state index in [0.717, 1.165) is 0 Å². The molecule has 0 unspecified atom stereocenters. The van der Waals surface area contributed by atoms with E-state index in [4.69, 9.17) is 17.2 Å². The van der Waals surface area contributed by atoms with E-state index >= 15 is 19.2 Å². The number of phenolic OH excluding ortho intramolecular Hbond substituents is 1. The number of para-hydroxylation sites is 2. The number of nitrogens with two attached hydrogens (primary N) is 3. The number of benzene rings is 3. The maximum absolute atomic E-state index is 15.6. The number of primary amides is 1. The van der Waals surface area contributed by atoms with Crippen LogP contribution in [0.25, 0.3) is 21.8 Å². The lowest BCUT2D eigenvalue weighted by Gasteiger charge is -2.31. The number of aromatic nitrogens is 10. The molecule has 732 valence electrons. The summed E-state index contributed by atoms with van der Waals surface area (Å²) in [6.45, 7) is 7.44. The number of carboxylic acids is 2. The van der Waals surface area contributed by atoms with E-state index in [-0.39, 0.29) is 107 Å². The number of aromatic amines is 6. The van der Waals surface area contributed by atoms with Gasteiger partial charge in [0.15, 0.2) is 0 Å². The monoisotopic (exact) mass is 1900 g/mol. The predicted molar refractivity (Wildman–Crippen MR) is 490 cm³/mol. The first-order valence-corrected chi connectivity index (χ1v) is 44.6. The second-order valence-corrected chi connectivity index (χ2v) is 34.3. The van der Waals surface area contributed by atoms with Crippen molar-refractivity contribution in [2.75, 3.05) is 19.6 Å². The maximum atomic E-state index is 15.6. The first kappa shape index (κ1) is 103. The van der Waals surface area contributed by atoms with Gasteiger partial charge in [-0.2, -0.15) is 0 Å². The summed E-state index contributed by atoms with van der Waals surface area (Å²) in [5.41, 5.74) is 21.1. The Morgan fingerprint density at radius 2 is 0.869 bits per heavy atom. The molecule has 14 atom stereocenters. The molecular formula is C90H117N27O20. The van der Waals surface area contributed by atoms with Crippen molar-refractivity contribution in [1.82, 2.24) is 124 Å². The number of likely N-dealkylation sites (tertiary alicyclic amines) is 1. The Morgan fingerprint density at radius 3 is 1.31 bits per heavy atom. The number of nitrogens with one attached hydrogen (secondary N) is 19. The summed E-state index contributed by atoms with van der Waals surface area (Å²) in [4.78, 5) is 276. The van der Waals surface area contributed by atoms with Gasteiger partial charge in [0, 0.05) is 133 Å².